The van der Waals surface area contributed by atoms with E-state index in [9.17, 15) is 18.5 Å². The minimum atomic E-state index is -4.00. The molecule has 0 aliphatic heterocycles. The van der Waals surface area contributed by atoms with Crippen molar-refractivity contribution in [3.8, 4) is 0 Å². The number of aromatic nitrogens is 2. The number of rotatable bonds is 4. The highest BCUT2D eigenvalue weighted by Crippen LogP contribution is 2.23. The first kappa shape index (κ1) is 15.1. The molecule has 0 aliphatic rings. The molecule has 0 amide bonds. The summed E-state index contributed by atoms with van der Waals surface area (Å²) < 4.78 is 26.4. The van der Waals surface area contributed by atoms with Crippen molar-refractivity contribution in [2.24, 2.45) is 0 Å². The van der Waals surface area contributed by atoms with Crippen molar-refractivity contribution in [2.45, 2.75) is 11.8 Å². The van der Waals surface area contributed by atoms with Crippen LogP contribution in [0, 0.1) is 17.0 Å². The Hall–Kier alpha value is -2.26. The first-order chi connectivity index (χ1) is 9.79. The van der Waals surface area contributed by atoms with Gasteiger partial charge in [-0.15, -0.1) is 10.2 Å². The lowest BCUT2D eigenvalue weighted by molar-refractivity contribution is -0.385. The van der Waals surface area contributed by atoms with Gasteiger partial charge in [0.15, 0.2) is 11.0 Å². The van der Waals surface area contributed by atoms with Gasteiger partial charge in [0.2, 0.25) is 0 Å². The zero-order valence-electron chi connectivity index (χ0n) is 10.6. The predicted molar refractivity (Wildman–Crippen MR) is 75.7 cm³/mol. The normalized spacial score (nSPS) is 11.1. The van der Waals surface area contributed by atoms with Gasteiger partial charge in [-0.1, -0.05) is 17.7 Å². The van der Waals surface area contributed by atoms with E-state index in [-0.39, 0.29) is 21.6 Å². The minimum absolute atomic E-state index is 0.0392. The van der Waals surface area contributed by atoms with E-state index in [2.05, 4.69) is 14.9 Å². The Morgan fingerprint density at radius 2 is 1.95 bits per heavy atom. The molecular weight excluding hydrogens is 320 g/mol. The third-order valence-corrected chi connectivity index (χ3v) is 4.11. The third-order valence-electron chi connectivity index (χ3n) is 2.56. The Labute approximate surface area is 125 Å². The molecule has 8 nitrogen and oxygen atoms in total. The second kappa shape index (κ2) is 5.62. The summed E-state index contributed by atoms with van der Waals surface area (Å²) in [5.41, 5.74) is 0.0882. The lowest BCUT2D eigenvalue weighted by Crippen LogP contribution is -2.14. The van der Waals surface area contributed by atoms with Crippen LogP contribution < -0.4 is 4.72 Å². The lowest BCUT2D eigenvalue weighted by Gasteiger charge is -2.07. The number of anilines is 1. The fourth-order valence-electron chi connectivity index (χ4n) is 1.52. The molecule has 1 heterocycles. The smallest absolute Gasteiger partial charge is 0.262 e. The van der Waals surface area contributed by atoms with Crippen LogP contribution >= 0.6 is 11.6 Å². The zero-order chi connectivity index (χ0) is 15.6. The van der Waals surface area contributed by atoms with Gasteiger partial charge < -0.3 is 0 Å². The second-order valence-electron chi connectivity index (χ2n) is 4.05. The van der Waals surface area contributed by atoms with Crippen molar-refractivity contribution in [1.82, 2.24) is 10.2 Å². The van der Waals surface area contributed by atoms with E-state index >= 15 is 0 Å². The van der Waals surface area contributed by atoms with Crippen LogP contribution in [-0.4, -0.2) is 23.5 Å². The molecule has 0 bridgehead atoms. The van der Waals surface area contributed by atoms with E-state index in [0.29, 0.717) is 5.56 Å². The molecule has 1 aromatic heterocycles. The third kappa shape index (κ3) is 3.44. The standard InChI is InChI=1S/C11H9ClN4O4S/c1-7-2-3-8(6-9(7)16(17)18)21(19,20)15-11-5-4-10(12)13-14-11/h2-6H,1H3,(H,14,15). The summed E-state index contributed by atoms with van der Waals surface area (Å²) in [4.78, 5) is 9.97. The van der Waals surface area contributed by atoms with E-state index in [1.807, 2.05) is 0 Å². The summed E-state index contributed by atoms with van der Waals surface area (Å²) in [5, 5.41) is 18.0. The second-order valence-corrected chi connectivity index (χ2v) is 6.12. The molecule has 0 radical (unpaired) electrons. The van der Waals surface area contributed by atoms with Crippen LogP contribution in [0.1, 0.15) is 5.56 Å². The summed E-state index contributed by atoms with van der Waals surface area (Å²) in [6.07, 6.45) is 0. The molecule has 0 unspecified atom stereocenters. The molecule has 0 saturated heterocycles. The summed E-state index contributed by atoms with van der Waals surface area (Å²) in [7, 11) is -4.00. The van der Waals surface area contributed by atoms with Gasteiger partial charge in [0.25, 0.3) is 15.7 Å². The zero-order valence-corrected chi connectivity index (χ0v) is 12.2. The minimum Gasteiger partial charge on any atom is -0.262 e. The van der Waals surface area contributed by atoms with Gasteiger partial charge in [-0.05, 0) is 25.1 Å². The van der Waals surface area contributed by atoms with Crippen molar-refractivity contribution in [2.75, 3.05) is 4.72 Å². The Morgan fingerprint density at radius 1 is 1.24 bits per heavy atom. The fourth-order valence-corrected chi connectivity index (χ4v) is 2.64. The van der Waals surface area contributed by atoms with E-state index in [0.717, 1.165) is 6.07 Å². The molecule has 0 aliphatic carbocycles. The number of aryl methyl sites for hydroxylation is 1. The van der Waals surface area contributed by atoms with Crippen molar-refractivity contribution in [3.05, 3.63) is 51.2 Å². The van der Waals surface area contributed by atoms with Gasteiger partial charge in [-0.2, -0.15) is 0 Å². The first-order valence-electron chi connectivity index (χ1n) is 5.57. The number of hydrogen-bond donors (Lipinski definition) is 1. The summed E-state index contributed by atoms with van der Waals surface area (Å²) in [5.74, 6) is -0.0392. The lowest BCUT2D eigenvalue weighted by atomic mass is 10.2. The Balaban J connectivity index is 2.38. The Bertz CT molecular complexity index is 792. The first-order valence-corrected chi connectivity index (χ1v) is 7.43. The maximum atomic E-state index is 12.1. The van der Waals surface area contributed by atoms with Crippen LogP contribution in [0.2, 0.25) is 5.15 Å². The molecule has 1 aromatic carbocycles. The molecule has 110 valence electrons. The van der Waals surface area contributed by atoms with Crippen molar-refractivity contribution >= 4 is 33.1 Å². The number of nitrogens with zero attached hydrogens (tertiary/aromatic N) is 3. The molecule has 2 aromatic rings. The highest BCUT2D eigenvalue weighted by atomic mass is 35.5. The van der Waals surface area contributed by atoms with E-state index in [4.69, 9.17) is 11.6 Å². The van der Waals surface area contributed by atoms with Crippen LogP contribution in [0.4, 0.5) is 11.5 Å². The number of nitro groups is 1. The van der Waals surface area contributed by atoms with Crippen LogP contribution in [0.5, 0.6) is 0 Å². The number of hydrogen-bond acceptors (Lipinski definition) is 6. The molecule has 0 spiro atoms. The maximum absolute atomic E-state index is 12.1. The number of sulfonamides is 1. The number of halogens is 1. The van der Waals surface area contributed by atoms with Gasteiger partial charge in [-0.25, -0.2) is 8.42 Å². The van der Waals surface area contributed by atoms with Crippen molar-refractivity contribution in [1.29, 1.82) is 0 Å². The predicted octanol–water partition coefficient (Wildman–Crippen LogP) is 2.15. The monoisotopic (exact) mass is 328 g/mol. The molecule has 0 fully saturated rings. The van der Waals surface area contributed by atoms with Crippen LogP contribution in [0.15, 0.2) is 35.2 Å². The van der Waals surface area contributed by atoms with Crippen LogP contribution in [0.3, 0.4) is 0 Å². The summed E-state index contributed by atoms with van der Waals surface area (Å²) in [6, 6.07) is 6.31. The van der Waals surface area contributed by atoms with Gasteiger partial charge >= 0.3 is 0 Å². The molecule has 21 heavy (non-hydrogen) atoms. The molecular formula is C11H9ClN4O4S. The maximum Gasteiger partial charge on any atom is 0.273 e. The average molecular weight is 329 g/mol. The van der Waals surface area contributed by atoms with Crippen LogP contribution in [-0.2, 0) is 10.0 Å². The number of nitro benzene ring substituents is 1. The Kier molecular flexibility index (Phi) is 4.05. The molecule has 0 atom stereocenters. The van der Waals surface area contributed by atoms with Gasteiger partial charge in [0.05, 0.1) is 9.82 Å². The summed E-state index contributed by atoms with van der Waals surface area (Å²) >= 11 is 5.55. The topological polar surface area (TPSA) is 115 Å². The van der Waals surface area contributed by atoms with Gasteiger partial charge in [0, 0.05) is 11.6 Å². The van der Waals surface area contributed by atoms with Crippen molar-refractivity contribution < 1.29 is 13.3 Å². The van der Waals surface area contributed by atoms with Gasteiger partial charge in [-0.3, -0.25) is 14.8 Å². The number of nitrogens with one attached hydrogen (secondary N) is 1. The van der Waals surface area contributed by atoms with E-state index in [1.54, 1.807) is 0 Å². The van der Waals surface area contributed by atoms with Crippen molar-refractivity contribution in [3.63, 3.8) is 0 Å². The average Bonchev–Trinajstić information content (AvgIpc) is 2.41. The quantitative estimate of drug-likeness (QED) is 0.679. The number of benzene rings is 1. The highest BCUT2D eigenvalue weighted by Gasteiger charge is 2.20. The fraction of sp³-hybridized carbons (Fsp3) is 0.0909. The van der Waals surface area contributed by atoms with E-state index in [1.165, 1.54) is 31.2 Å². The molecule has 10 heteroatoms. The Morgan fingerprint density at radius 3 is 2.52 bits per heavy atom. The van der Waals surface area contributed by atoms with Gasteiger partial charge in [0.1, 0.15) is 0 Å². The largest absolute Gasteiger partial charge is 0.273 e. The SMILES string of the molecule is Cc1ccc(S(=O)(=O)Nc2ccc(Cl)nn2)cc1[N+](=O)[O-]. The van der Waals surface area contributed by atoms with Crippen LogP contribution in [0.25, 0.3) is 0 Å². The molecule has 2 rings (SSSR count). The summed E-state index contributed by atoms with van der Waals surface area (Å²) in [6.45, 7) is 1.52. The molecule has 1 N–H and O–H groups in total. The highest BCUT2D eigenvalue weighted by molar-refractivity contribution is 7.92. The van der Waals surface area contributed by atoms with E-state index < -0.39 is 14.9 Å². The molecule has 0 saturated carbocycles.